The largest absolute Gasteiger partial charge is 0.250 e. The van der Waals surface area contributed by atoms with Gasteiger partial charge in [-0.05, 0) is 26.0 Å². The molecule has 0 spiro atoms. The lowest BCUT2D eigenvalue weighted by Gasteiger charge is -2.03. The average molecular weight is 208 g/mol. The maximum atomic E-state index is 8.88. The van der Waals surface area contributed by atoms with Crippen molar-refractivity contribution < 1.29 is 0 Å². The maximum Gasteiger partial charge on any atom is 0.101 e. The lowest BCUT2D eigenvalue weighted by atomic mass is 10.1. The van der Waals surface area contributed by atoms with Crippen molar-refractivity contribution in [2.45, 2.75) is 13.8 Å². The van der Waals surface area contributed by atoms with Gasteiger partial charge in [0.25, 0.3) is 0 Å². The molecule has 0 aliphatic rings. The van der Waals surface area contributed by atoms with Crippen LogP contribution in [0.2, 0.25) is 0 Å². The standard InChI is InChI=1S/C12H8N4/c1-7-8(2)16-12-4-10(6-14)9(5-13)3-11(12)15-7/h3-4H,1-2H3. The Bertz CT molecular complexity index is 601. The highest BCUT2D eigenvalue weighted by Gasteiger charge is 2.07. The quantitative estimate of drug-likeness (QED) is 0.663. The van der Waals surface area contributed by atoms with Crippen molar-refractivity contribution in [3.8, 4) is 12.1 Å². The van der Waals surface area contributed by atoms with Gasteiger partial charge in [0.05, 0.1) is 33.5 Å². The summed E-state index contributed by atoms with van der Waals surface area (Å²) < 4.78 is 0. The summed E-state index contributed by atoms with van der Waals surface area (Å²) in [5.41, 5.74) is 3.65. The topological polar surface area (TPSA) is 73.4 Å². The molecule has 0 saturated heterocycles. The number of hydrogen-bond donors (Lipinski definition) is 0. The van der Waals surface area contributed by atoms with Crippen LogP contribution < -0.4 is 0 Å². The van der Waals surface area contributed by atoms with Gasteiger partial charge in [-0.3, -0.25) is 0 Å². The Hall–Kier alpha value is -2.46. The van der Waals surface area contributed by atoms with E-state index in [1.165, 1.54) is 0 Å². The molecule has 16 heavy (non-hydrogen) atoms. The molecular weight excluding hydrogens is 200 g/mol. The minimum atomic E-state index is 0.340. The fourth-order valence-electron chi connectivity index (χ4n) is 1.46. The third-order valence-corrected chi connectivity index (χ3v) is 2.46. The molecule has 0 fully saturated rings. The van der Waals surface area contributed by atoms with Gasteiger partial charge < -0.3 is 0 Å². The van der Waals surface area contributed by atoms with Crippen LogP contribution in [-0.4, -0.2) is 9.97 Å². The average Bonchev–Trinajstić information content (AvgIpc) is 2.29. The van der Waals surface area contributed by atoms with Crippen molar-refractivity contribution in [3.05, 3.63) is 34.6 Å². The number of rotatable bonds is 0. The van der Waals surface area contributed by atoms with Crippen LogP contribution in [0, 0.1) is 36.5 Å². The van der Waals surface area contributed by atoms with Crippen molar-refractivity contribution in [1.29, 1.82) is 10.5 Å². The van der Waals surface area contributed by atoms with Crippen LogP contribution in [0.1, 0.15) is 22.5 Å². The van der Waals surface area contributed by atoms with Gasteiger partial charge in [0.2, 0.25) is 0 Å². The number of fused-ring (bicyclic) bond motifs is 1. The van der Waals surface area contributed by atoms with Gasteiger partial charge in [-0.15, -0.1) is 0 Å². The van der Waals surface area contributed by atoms with Crippen molar-refractivity contribution in [2.75, 3.05) is 0 Å². The summed E-state index contributed by atoms with van der Waals surface area (Å²) in [5, 5.41) is 17.8. The zero-order valence-corrected chi connectivity index (χ0v) is 8.94. The van der Waals surface area contributed by atoms with E-state index in [1.807, 2.05) is 26.0 Å². The van der Waals surface area contributed by atoms with E-state index in [0.29, 0.717) is 22.2 Å². The second-order valence-corrected chi connectivity index (χ2v) is 3.50. The van der Waals surface area contributed by atoms with Crippen LogP contribution in [0.4, 0.5) is 0 Å². The second kappa shape index (κ2) is 3.60. The summed E-state index contributed by atoms with van der Waals surface area (Å²) in [6.07, 6.45) is 0. The van der Waals surface area contributed by atoms with Crippen LogP contribution in [0.25, 0.3) is 11.0 Å². The Morgan fingerprint density at radius 3 is 1.56 bits per heavy atom. The van der Waals surface area contributed by atoms with Gasteiger partial charge in [0, 0.05) is 0 Å². The van der Waals surface area contributed by atoms with E-state index in [0.717, 1.165) is 11.4 Å². The Morgan fingerprint density at radius 2 is 1.25 bits per heavy atom. The Morgan fingerprint density at radius 1 is 0.875 bits per heavy atom. The lowest BCUT2D eigenvalue weighted by molar-refractivity contribution is 1.10. The lowest BCUT2D eigenvalue weighted by Crippen LogP contribution is -1.95. The highest BCUT2D eigenvalue weighted by Crippen LogP contribution is 2.17. The van der Waals surface area contributed by atoms with E-state index in [4.69, 9.17) is 10.5 Å². The molecule has 2 aromatic rings. The van der Waals surface area contributed by atoms with Crippen LogP contribution in [0.15, 0.2) is 12.1 Å². The zero-order valence-electron chi connectivity index (χ0n) is 8.94. The van der Waals surface area contributed by atoms with E-state index >= 15 is 0 Å². The van der Waals surface area contributed by atoms with E-state index in [9.17, 15) is 0 Å². The second-order valence-electron chi connectivity index (χ2n) is 3.50. The normalized spacial score (nSPS) is 9.75. The molecule has 0 aliphatic heterocycles. The molecular formula is C12H8N4. The number of aromatic nitrogens is 2. The molecule has 1 aromatic carbocycles. The monoisotopic (exact) mass is 208 g/mol. The summed E-state index contributed by atoms with van der Waals surface area (Å²) in [7, 11) is 0. The molecule has 0 radical (unpaired) electrons. The van der Waals surface area contributed by atoms with E-state index in [1.54, 1.807) is 12.1 Å². The third-order valence-electron chi connectivity index (χ3n) is 2.46. The van der Waals surface area contributed by atoms with E-state index in [2.05, 4.69) is 9.97 Å². The fourth-order valence-corrected chi connectivity index (χ4v) is 1.46. The Labute approximate surface area is 92.8 Å². The Balaban J connectivity index is 2.86. The van der Waals surface area contributed by atoms with Crippen molar-refractivity contribution in [3.63, 3.8) is 0 Å². The molecule has 4 heteroatoms. The maximum absolute atomic E-state index is 8.88. The summed E-state index contributed by atoms with van der Waals surface area (Å²) in [6, 6.07) is 7.17. The summed E-state index contributed by atoms with van der Waals surface area (Å²) in [4.78, 5) is 8.67. The molecule has 76 valence electrons. The minimum absolute atomic E-state index is 0.340. The van der Waals surface area contributed by atoms with E-state index in [-0.39, 0.29) is 0 Å². The molecule has 0 saturated carbocycles. The number of benzene rings is 1. The molecule has 0 amide bonds. The third kappa shape index (κ3) is 1.47. The summed E-state index contributed by atoms with van der Waals surface area (Å²) in [6.45, 7) is 3.73. The highest BCUT2D eigenvalue weighted by atomic mass is 14.8. The summed E-state index contributed by atoms with van der Waals surface area (Å²) >= 11 is 0. The first-order valence-electron chi connectivity index (χ1n) is 4.75. The van der Waals surface area contributed by atoms with Gasteiger partial charge in [0.1, 0.15) is 12.1 Å². The first kappa shape index (κ1) is 10.1. The predicted molar refractivity (Wildman–Crippen MR) is 58.4 cm³/mol. The van der Waals surface area contributed by atoms with Gasteiger partial charge in [-0.25, -0.2) is 9.97 Å². The molecule has 0 atom stereocenters. The van der Waals surface area contributed by atoms with Gasteiger partial charge in [-0.1, -0.05) is 0 Å². The predicted octanol–water partition coefficient (Wildman–Crippen LogP) is 1.99. The molecule has 0 aliphatic carbocycles. The van der Waals surface area contributed by atoms with Crippen LogP contribution >= 0.6 is 0 Å². The summed E-state index contributed by atoms with van der Waals surface area (Å²) in [5.74, 6) is 0. The first-order valence-corrected chi connectivity index (χ1v) is 4.75. The molecule has 0 unspecified atom stereocenters. The zero-order chi connectivity index (χ0) is 11.7. The Kier molecular flexibility index (Phi) is 2.27. The van der Waals surface area contributed by atoms with Crippen molar-refractivity contribution in [2.24, 2.45) is 0 Å². The molecule has 0 bridgehead atoms. The van der Waals surface area contributed by atoms with E-state index < -0.39 is 0 Å². The number of aryl methyl sites for hydroxylation is 2. The number of nitrogens with zero attached hydrogens (tertiary/aromatic N) is 4. The number of hydrogen-bond acceptors (Lipinski definition) is 4. The van der Waals surface area contributed by atoms with Crippen LogP contribution in [0.3, 0.4) is 0 Å². The molecule has 1 aromatic heterocycles. The van der Waals surface area contributed by atoms with Crippen LogP contribution in [0.5, 0.6) is 0 Å². The van der Waals surface area contributed by atoms with Crippen molar-refractivity contribution >= 4 is 11.0 Å². The molecule has 2 rings (SSSR count). The van der Waals surface area contributed by atoms with Gasteiger partial charge in [-0.2, -0.15) is 10.5 Å². The van der Waals surface area contributed by atoms with Crippen LogP contribution in [-0.2, 0) is 0 Å². The smallest absolute Gasteiger partial charge is 0.101 e. The number of nitriles is 2. The first-order chi connectivity index (χ1) is 7.65. The minimum Gasteiger partial charge on any atom is -0.250 e. The van der Waals surface area contributed by atoms with Gasteiger partial charge >= 0.3 is 0 Å². The fraction of sp³-hybridized carbons (Fsp3) is 0.167. The SMILES string of the molecule is Cc1nc2cc(C#N)c(C#N)cc2nc1C. The molecule has 1 heterocycles. The highest BCUT2D eigenvalue weighted by molar-refractivity contribution is 5.79. The molecule has 0 N–H and O–H groups in total. The molecule has 4 nitrogen and oxygen atoms in total. The van der Waals surface area contributed by atoms with Gasteiger partial charge in [0.15, 0.2) is 0 Å². The van der Waals surface area contributed by atoms with Crippen molar-refractivity contribution in [1.82, 2.24) is 9.97 Å².